The van der Waals surface area contributed by atoms with Crippen molar-refractivity contribution in [1.29, 1.82) is 5.26 Å². The molecule has 8 nitrogen and oxygen atoms in total. The van der Waals surface area contributed by atoms with Crippen molar-refractivity contribution in [3.8, 4) is 6.07 Å². The summed E-state index contributed by atoms with van der Waals surface area (Å²) >= 11 is 0. The fourth-order valence-corrected chi connectivity index (χ4v) is 3.84. The molecule has 0 fully saturated rings. The highest BCUT2D eigenvalue weighted by atomic mass is 16.5. The van der Waals surface area contributed by atoms with E-state index in [0.717, 1.165) is 10.9 Å². The highest BCUT2D eigenvalue weighted by Gasteiger charge is 2.21. The molecule has 0 radical (unpaired) electrons. The number of Topliss-reactive ketones (excluding diaryl/α,β-unsaturated/α-hetero) is 1. The molecule has 4 rings (SSSR count). The molecule has 0 atom stereocenters. The lowest BCUT2D eigenvalue weighted by Gasteiger charge is -2.07. The summed E-state index contributed by atoms with van der Waals surface area (Å²) in [6.45, 7) is 3.70. The summed E-state index contributed by atoms with van der Waals surface area (Å²) in [6.07, 6.45) is 2.06. The van der Waals surface area contributed by atoms with Gasteiger partial charge in [-0.1, -0.05) is 18.2 Å². The maximum atomic E-state index is 12.9. The maximum Gasteiger partial charge on any atom is 0.339 e. The molecule has 156 valence electrons. The lowest BCUT2D eigenvalue weighted by atomic mass is 10.1. The number of benzene rings is 1. The lowest BCUT2D eigenvalue weighted by molar-refractivity contribution is 0.0477. The SMILES string of the molecule is Cc1cc(C(=O)OCC(=O)c2cn(CCC#N)c3ccccc23)c2c(C)nn(C)c2n1. The molecule has 8 heteroatoms. The van der Waals surface area contributed by atoms with Gasteiger partial charge in [-0.15, -0.1) is 0 Å². The largest absolute Gasteiger partial charge is 0.454 e. The number of para-hydroxylation sites is 1. The van der Waals surface area contributed by atoms with Crippen LogP contribution in [0.5, 0.6) is 0 Å². The van der Waals surface area contributed by atoms with E-state index in [2.05, 4.69) is 16.2 Å². The fourth-order valence-electron chi connectivity index (χ4n) is 3.84. The van der Waals surface area contributed by atoms with E-state index in [0.29, 0.717) is 46.5 Å². The molecular weight excluding hydrogens is 394 g/mol. The molecule has 4 aromatic rings. The minimum absolute atomic E-state index is 0.301. The topological polar surface area (TPSA) is 103 Å². The van der Waals surface area contributed by atoms with Gasteiger partial charge in [0.2, 0.25) is 5.78 Å². The molecule has 0 aliphatic rings. The molecular formula is C23H21N5O3. The summed E-state index contributed by atoms with van der Waals surface area (Å²) in [4.78, 5) is 30.2. The molecule has 0 bridgehead atoms. The molecule has 0 saturated heterocycles. The number of esters is 1. The monoisotopic (exact) mass is 415 g/mol. The van der Waals surface area contributed by atoms with Gasteiger partial charge in [0.05, 0.1) is 29.1 Å². The Hall–Kier alpha value is -3.99. The summed E-state index contributed by atoms with van der Waals surface area (Å²) in [5.74, 6) is -0.890. The third-order valence-corrected chi connectivity index (χ3v) is 5.20. The summed E-state index contributed by atoms with van der Waals surface area (Å²) in [7, 11) is 1.77. The van der Waals surface area contributed by atoms with E-state index in [1.54, 1.807) is 37.8 Å². The predicted octanol–water partition coefficient (Wildman–Crippen LogP) is 3.49. The zero-order valence-corrected chi connectivity index (χ0v) is 17.5. The Bertz CT molecular complexity index is 1370. The minimum atomic E-state index is -0.590. The number of ketones is 1. The van der Waals surface area contributed by atoms with Crippen molar-refractivity contribution in [2.45, 2.75) is 26.8 Å². The molecule has 3 aromatic heterocycles. The van der Waals surface area contributed by atoms with Crippen molar-refractivity contribution in [2.75, 3.05) is 6.61 Å². The van der Waals surface area contributed by atoms with Gasteiger partial charge in [0, 0.05) is 41.9 Å². The number of rotatable bonds is 6. The van der Waals surface area contributed by atoms with Crippen LogP contribution in [-0.2, 0) is 18.3 Å². The van der Waals surface area contributed by atoms with Gasteiger partial charge in [0.25, 0.3) is 0 Å². The molecule has 3 heterocycles. The molecule has 0 N–H and O–H groups in total. The summed E-state index contributed by atoms with van der Waals surface area (Å²) < 4.78 is 8.89. The van der Waals surface area contributed by atoms with Crippen molar-refractivity contribution in [3.05, 3.63) is 59.0 Å². The average molecular weight is 415 g/mol. The van der Waals surface area contributed by atoms with Crippen LogP contribution >= 0.6 is 0 Å². The molecule has 0 aliphatic heterocycles. The molecule has 1 aromatic carbocycles. The molecule has 31 heavy (non-hydrogen) atoms. The van der Waals surface area contributed by atoms with Gasteiger partial charge in [0.1, 0.15) is 0 Å². The standard InChI is InChI=1S/C23H21N5O3/c1-14-11-17(21-15(2)26-27(3)22(21)25-14)23(30)31-13-20(29)18-12-28(10-6-9-24)19-8-5-4-7-16(18)19/h4-5,7-8,11-12H,6,10,13H2,1-3H3. The van der Waals surface area contributed by atoms with Gasteiger partial charge in [-0.25, -0.2) is 9.78 Å². The van der Waals surface area contributed by atoms with Crippen molar-refractivity contribution in [1.82, 2.24) is 19.3 Å². The van der Waals surface area contributed by atoms with Crippen LogP contribution in [0.4, 0.5) is 0 Å². The number of carbonyl (C=O) groups is 2. The number of hydrogen-bond donors (Lipinski definition) is 0. The maximum absolute atomic E-state index is 12.9. The first kappa shape index (κ1) is 20.3. The van der Waals surface area contributed by atoms with Crippen molar-refractivity contribution in [2.24, 2.45) is 7.05 Å². The van der Waals surface area contributed by atoms with Crippen LogP contribution in [0.25, 0.3) is 21.9 Å². The van der Waals surface area contributed by atoms with Gasteiger partial charge in [-0.3, -0.25) is 9.48 Å². The number of nitriles is 1. The molecule has 0 unspecified atom stereocenters. The van der Waals surface area contributed by atoms with E-state index in [4.69, 9.17) is 10.00 Å². The number of hydrogen-bond acceptors (Lipinski definition) is 6. The average Bonchev–Trinajstić information content (AvgIpc) is 3.27. The molecule has 0 saturated carbocycles. The quantitative estimate of drug-likeness (QED) is 0.353. The number of carbonyl (C=O) groups excluding carboxylic acids is 2. The Morgan fingerprint density at radius 3 is 2.74 bits per heavy atom. The van der Waals surface area contributed by atoms with Crippen LogP contribution in [-0.4, -0.2) is 37.7 Å². The van der Waals surface area contributed by atoms with Crippen LogP contribution < -0.4 is 0 Å². The van der Waals surface area contributed by atoms with E-state index in [1.807, 2.05) is 28.8 Å². The van der Waals surface area contributed by atoms with E-state index in [-0.39, 0.29) is 12.4 Å². The van der Waals surface area contributed by atoms with Crippen LogP contribution in [0.3, 0.4) is 0 Å². The Labute approximate surface area is 178 Å². The van der Waals surface area contributed by atoms with Crippen LogP contribution in [0, 0.1) is 25.2 Å². The van der Waals surface area contributed by atoms with Crippen LogP contribution in [0.2, 0.25) is 0 Å². The van der Waals surface area contributed by atoms with Gasteiger partial charge in [-0.2, -0.15) is 10.4 Å². The van der Waals surface area contributed by atoms with Crippen molar-refractivity contribution >= 4 is 33.7 Å². The second-order valence-corrected chi connectivity index (χ2v) is 7.38. The Morgan fingerprint density at radius 2 is 1.97 bits per heavy atom. The molecule has 0 aliphatic carbocycles. The van der Waals surface area contributed by atoms with E-state index >= 15 is 0 Å². The zero-order valence-electron chi connectivity index (χ0n) is 17.5. The lowest BCUT2D eigenvalue weighted by Crippen LogP contribution is -2.15. The van der Waals surface area contributed by atoms with Gasteiger partial charge in [0.15, 0.2) is 12.3 Å². The first-order chi connectivity index (χ1) is 14.9. The van der Waals surface area contributed by atoms with Crippen LogP contribution in [0.1, 0.15) is 38.5 Å². The normalized spacial score (nSPS) is 11.0. The number of aromatic nitrogens is 4. The Morgan fingerprint density at radius 1 is 1.19 bits per heavy atom. The summed E-state index contributed by atoms with van der Waals surface area (Å²) in [5, 5.41) is 14.6. The second-order valence-electron chi connectivity index (χ2n) is 7.38. The third-order valence-electron chi connectivity index (χ3n) is 5.20. The minimum Gasteiger partial charge on any atom is -0.454 e. The number of nitrogens with zero attached hydrogens (tertiary/aromatic N) is 5. The highest BCUT2D eigenvalue weighted by molar-refractivity contribution is 6.10. The van der Waals surface area contributed by atoms with Gasteiger partial charge < -0.3 is 9.30 Å². The number of ether oxygens (including phenoxy) is 1. The Balaban J connectivity index is 1.60. The fraction of sp³-hybridized carbons (Fsp3) is 0.261. The van der Waals surface area contributed by atoms with Gasteiger partial charge >= 0.3 is 5.97 Å². The number of fused-ring (bicyclic) bond motifs is 2. The predicted molar refractivity (Wildman–Crippen MR) is 115 cm³/mol. The van der Waals surface area contributed by atoms with Crippen LogP contribution in [0.15, 0.2) is 36.5 Å². The number of aryl methyl sites for hydroxylation is 4. The van der Waals surface area contributed by atoms with E-state index < -0.39 is 5.97 Å². The summed E-state index contributed by atoms with van der Waals surface area (Å²) in [6, 6.07) is 11.2. The third kappa shape index (κ3) is 3.66. The first-order valence-electron chi connectivity index (χ1n) is 9.86. The van der Waals surface area contributed by atoms with E-state index in [9.17, 15) is 9.59 Å². The van der Waals surface area contributed by atoms with Gasteiger partial charge in [-0.05, 0) is 26.0 Å². The number of pyridine rings is 1. The molecule has 0 spiro atoms. The van der Waals surface area contributed by atoms with E-state index in [1.165, 1.54) is 0 Å². The van der Waals surface area contributed by atoms with Crippen molar-refractivity contribution < 1.29 is 14.3 Å². The highest BCUT2D eigenvalue weighted by Crippen LogP contribution is 2.24. The second kappa shape index (κ2) is 8.03. The first-order valence-corrected chi connectivity index (χ1v) is 9.86. The Kier molecular flexibility index (Phi) is 5.26. The zero-order chi connectivity index (χ0) is 22.1. The van der Waals surface area contributed by atoms with Crippen molar-refractivity contribution in [3.63, 3.8) is 0 Å². The molecule has 0 amide bonds. The smallest absolute Gasteiger partial charge is 0.339 e. The summed E-state index contributed by atoms with van der Waals surface area (Å²) in [5.41, 5.74) is 3.60.